The van der Waals surface area contributed by atoms with Crippen molar-refractivity contribution in [2.24, 2.45) is 5.10 Å². The van der Waals surface area contributed by atoms with E-state index in [4.69, 9.17) is 21.1 Å². The van der Waals surface area contributed by atoms with Crippen LogP contribution in [0.5, 0.6) is 11.5 Å². The van der Waals surface area contributed by atoms with Gasteiger partial charge in [-0.25, -0.2) is 0 Å². The van der Waals surface area contributed by atoms with Gasteiger partial charge in [-0.1, -0.05) is 44.5 Å². The molecule has 0 aliphatic rings. The lowest BCUT2D eigenvalue weighted by molar-refractivity contribution is -0.384. The van der Waals surface area contributed by atoms with E-state index in [2.05, 4.69) is 43.4 Å². The van der Waals surface area contributed by atoms with Crippen molar-refractivity contribution >= 4 is 29.2 Å². The molecule has 3 aromatic carbocycles. The minimum Gasteiger partial charge on any atom is -0.493 e. The maximum Gasteiger partial charge on any atom is 0.269 e. The molecule has 0 spiro atoms. The molecule has 0 aliphatic heterocycles. The van der Waals surface area contributed by atoms with Crippen LogP contribution in [0.4, 0.5) is 11.4 Å². The van der Waals surface area contributed by atoms with E-state index < -0.39 is 4.92 Å². The molecule has 0 heterocycles. The van der Waals surface area contributed by atoms with Crippen LogP contribution in [0, 0.1) is 10.1 Å². The molecule has 3 aromatic rings. The molecule has 0 aliphatic carbocycles. The highest BCUT2D eigenvalue weighted by atomic mass is 35.5. The van der Waals surface area contributed by atoms with Crippen molar-refractivity contribution in [1.29, 1.82) is 0 Å². The van der Waals surface area contributed by atoms with Crippen LogP contribution in [-0.4, -0.2) is 24.4 Å². The molecule has 34 heavy (non-hydrogen) atoms. The largest absolute Gasteiger partial charge is 0.493 e. The molecule has 0 saturated carbocycles. The van der Waals surface area contributed by atoms with Crippen LogP contribution in [-0.2, 0) is 5.41 Å². The zero-order chi connectivity index (χ0) is 24.6. The van der Waals surface area contributed by atoms with Gasteiger partial charge in [-0.3, -0.25) is 15.5 Å². The number of nitro groups is 1. The Balaban J connectivity index is 1.49. The zero-order valence-corrected chi connectivity index (χ0v) is 20.2. The first-order valence-corrected chi connectivity index (χ1v) is 11.3. The first-order valence-electron chi connectivity index (χ1n) is 10.9. The fourth-order valence-corrected chi connectivity index (χ4v) is 3.25. The Morgan fingerprint density at radius 2 is 1.68 bits per heavy atom. The molecule has 178 valence electrons. The molecule has 0 amide bonds. The number of non-ortho nitro benzene ring substituents is 1. The van der Waals surface area contributed by atoms with E-state index in [1.165, 1.54) is 17.7 Å². The molecular formula is C26H28ClN3O4. The zero-order valence-electron chi connectivity index (χ0n) is 19.5. The van der Waals surface area contributed by atoms with Crippen LogP contribution in [0.25, 0.3) is 0 Å². The van der Waals surface area contributed by atoms with Gasteiger partial charge in [-0.15, -0.1) is 0 Å². The summed E-state index contributed by atoms with van der Waals surface area (Å²) in [6, 6.07) is 19.5. The third-order valence-electron chi connectivity index (χ3n) is 4.98. The predicted octanol–water partition coefficient (Wildman–Crippen LogP) is 6.84. The Bertz CT molecular complexity index is 1120. The molecule has 7 nitrogen and oxygen atoms in total. The van der Waals surface area contributed by atoms with Gasteiger partial charge in [-0.2, -0.15) is 5.10 Å². The molecule has 0 saturated heterocycles. The maximum atomic E-state index is 10.7. The number of hydrogen-bond donors (Lipinski definition) is 1. The van der Waals surface area contributed by atoms with Crippen LogP contribution in [0.3, 0.4) is 0 Å². The van der Waals surface area contributed by atoms with Crippen LogP contribution in [0.1, 0.15) is 38.3 Å². The summed E-state index contributed by atoms with van der Waals surface area (Å²) >= 11 is 6.13. The summed E-state index contributed by atoms with van der Waals surface area (Å²) in [7, 11) is 0. The van der Waals surface area contributed by atoms with E-state index in [1.807, 2.05) is 12.1 Å². The smallest absolute Gasteiger partial charge is 0.269 e. The second-order valence-corrected chi connectivity index (χ2v) is 9.12. The quantitative estimate of drug-likeness (QED) is 0.148. The van der Waals surface area contributed by atoms with Gasteiger partial charge < -0.3 is 9.47 Å². The molecule has 0 aromatic heterocycles. The number of nitro benzene ring substituents is 1. The molecule has 0 atom stereocenters. The number of hydrogen-bond acceptors (Lipinski definition) is 6. The summed E-state index contributed by atoms with van der Waals surface area (Å²) in [4.78, 5) is 10.3. The van der Waals surface area contributed by atoms with Crippen LogP contribution >= 0.6 is 11.6 Å². The third kappa shape index (κ3) is 7.49. The molecule has 0 unspecified atom stereocenters. The molecule has 0 bridgehead atoms. The first kappa shape index (κ1) is 25.1. The van der Waals surface area contributed by atoms with Gasteiger partial charge in [0.25, 0.3) is 5.69 Å². The van der Waals surface area contributed by atoms with Gasteiger partial charge in [0.05, 0.1) is 30.0 Å². The third-order valence-corrected chi connectivity index (χ3v) is 5.22. The number of rotatable bonds is 10. The fourth-order valence-electron chi connectivity index (χ4n) is 3.07. The van der Waals surface area contributed by atoms with Crippen molar-refractivity contribution in [3.8, 4) is 11.5 Å². The van der Waals surface area contributed by atoms with Crippen molar-refractivity contribution in [1.82, 2.24) is 0 Å². The van der Waals surface area contributed by atoms with E-state index in [0.29, 0.717) is 41.7 Å². The topological polar surface area (TPSA) is 86.0 Å². The highest BCUT2D eigenvalue weighted by Crippen LogP contribution is 2.25. The monoisotopic (exact) mass is 481 g/mol. The van der Waals surface area contributed by atoms with Gasteiger partial charge in [0.2, 0.25) is 0 Å². The number of halogens is 1. The van der Waals surface area contributed by atoms with E-state index in [9.17, 15) is 10.1 Å². The minimum atomic E-state index is -0.448. The van der Waals surface area contributed by atoms with E-state index in [1.54, 1.807) is 36.5 Å². The van der Waals surface area contributed by atoms with Crippen molar-refractivity contribution in [3.63, 3.8) is 0 Å². The summed E-state index contributed by atoms with van der Waals surface area (Å²) in [5.74, 6) is 1.48. The number of ether oxygens (including phenoxy) is 2. The molecule has 0 fully saturated rings. The lowest BCUT2D eigenvalue weighted by Crippen LogP contribution is -2.10. The van der Waals surface area contributed by atoms with Crippen LogP contribution < -0.4 is 14.9 Å². The van der Waals surface area contributed by atoms with Gasteiger partial charge in [0, 0.05) is 29.1 Å². The van der Waals surface area contributed by atoms with Gasteiger partial charge in [-0.05, 0) is 53.4 Å². The standard InChI is InChI=1S/C26H28ClN3O4/c1-26(2,3)20-5-12-24(13-6-20)33-15-4-16-34-25-14-7-21(27)17-19(25)18-28-29-22-8-10-23(11-9-22)30(31)32/h5-14,17-18,29H,4,15-16H2,1-3H3. The van der Waals surface area contributed by atoms with Crippen molar-refractivity contribution in [2.75, 3.05) is 18.6 Å². The second kappa shape index (κ2) is 11.5. The number of anilines is 1. The fraction of sp³-hybridized carbons (Fsp3) is 0.269. The maximum absolute atomic E-state index is 10.7. The van der Waals surface area contributed by atoms with Gasteiger partial charge >= 0.3 is 0 Å². The second-order valence-electron chi connectivity index (χ2n) is 8.68. The molecule has 1 N–H and O–H groups in total. The highest BCUT2D eigenvalue weighted by molar-refractivity contribution is 6.30. The van der Waals surface area contributed by atoms with Crippen LogP contribution in [0.15, 0.2) is 71.8 Å². The Morgan fingerprint density at radius 3 is 2.32 bits per heavy atom. The first-order chi connectivity index (χ1) is 16.2. The molecular weight excluding hydrogens is 454 g/mol. The number of nitrogens with one attached hydrogen (secondary N) is 1. The molecule has 8 heteroatoms. The van der Waals surface area contributed by atoms with Gasteiger partial charge in [0.1, 0.15) is 11.5 Å². The SMILES string of the molecule is CC(C)(C)c1ccc(OCCCOc2ccc(Cl)cc2C=NNc2ccc([N+](=O)[O-])cc2)cc1. The highest BCUT2D eigenvalue weighted by Gasteiger charge is 2.13. The molecule has 0 radical (unpaired) electrons. The Hall–Kier alpha value is -3.58. The summed E-state index contributed by atoms with van der Waals surface area (Å²) in [5.41, 5.74) is 5.58. The Morgan fingerprint density at radius 1 is 1.00 bits per heavy atom. The summed E-state index contributed by atoms with van der Waals surface area (Å²) < 4.78 is 11.7. The molecule has 3 rings (SSSR count). The Labute approximate surface area is 204 Å². The normalized spacial score (nSPS) is 11.4. The lowest BCUT2D eigenvalue weighted by Gasteiger charge is -2.19. The van der Waals surface area contributed by atoms with E-state index in [0.717, 1.165) is 5.75 Å². The number of nitrogens with zero attached hydrogens (tertiary/aromatic N) is 2. The number of benzene rings is 3. The minimum absolute atomic E-state index is 0.0194. The lowest BCUT2D eigenvalue weighted by atomic mass is 9.87. The van der Waals surface area contributed by atoms with Crippen molar-refractivity contribution < 1.29 is 14.4 Å². The Kier molecular flexibility index (Phi) is 8.49. The van der Waals surface area contributed by atoms with E-state index >= 15 is 0 Å². The number of hydrazone groups is 1. The predicted molar refractivity (Wildman–Crippen MR) is 137 cm³/mol. The van der Waals surface area contributed by atoms with Gasteiger partial charge in [0.15, 0.2) is 0 Å². The van der Waals surface area contributed by atoms with Crippen LogP contribution in [0.2, 0.25) is 5.02 Å². The summed E-state index contributed by atoms with van der Waals surface area (Å²) in [6.45, 7) is 7.55. The van der Waals surface area contributed by atoms with Crippen molar-refractivity contribution in [3.05, 3.63) is 93.0 Å². The average Bonchev–Trinajstić information content (AvgIpc) is 2.80. The van der Waals surface area contributed by atoms with E-state index in [-0.39, 0.29) is 11.1 Å². The summed E-state index contributed by atoms with van der Waals surface area (Å²) in [6.07, 6.45) is 2.30. The van der Waals surface area contributed by atoms with Crippen molar-refractivity contribution in [2.45, 2.75) is 32.6 Å². The summed E-state index contributed by atoms with van der Waals surface area (Å²) in [5, 5.41) is 15.5. The average molecular weight is 482 g/mol.